The molecule has 1 aromatic carbocycles. The van der Waals surface area contributed by atoms with Crippen LogP contribution in [0.4, 0.5) is 18.3 Å². The Hall–Kier alpha value is -2.95. The van der Waals surface area contributed by atoms with E-state index in [9.17, 15) is 18.0 Å². The zero-order chi connectivity index (χ0) is 18.0. The highest BCUT2D eigenvalue weighted by atomic mass is 32.1. The largest absolute Gasteiger partial charge is 0.417 e. The molecule has 0 unspecified atom stereocenters. The Morgan fingerprint density at radius 3 is 2.72 bits per heavy atom. The molecule has 3 aromatic rings. The molecule has 0 aliphatic heterocycles. The third-order valence-electron chi connectivity index (χ3n) is 3.03. The fourth-order valence-corrected chi connectivity index (χ4v) is 2.50. The van der Waals surface area contributed by atoms with Crippen LogP contribution in [0, 0.1) is 5.82 Å². The highest BCUT2D eigenvalue weighted by Gasteiger charge is 2.18. The van der Waals surface area contributed by atoms with Gasteiger partial charge in [-0.15, -0.1) is 0 Å². The Kier molecular flexibility index (Phi) is 4.65. The minimum Gasteiger partial charge on any atom is -0.417 e. The van der Waals surface area contributed by atoms with Crippen LogP contribution in [0.2, 0.25) is 0 Å². The first-order chi connectivity index (χ1) is 11.9. The molecule has 11 heteroatoms. The van der Waals surface area contributed by atoms with Crippen LogP contribution in [0.15, 0.2) is 30.3 Å². The number of hydrogen-bond acceptors (Lipinski definition) is 6. The number of hydrogen-bond donors (Lipinski definition) is 1. The minimum atomic E-state index is -3.02. The van der Waals surface area contributed by atoms with Gasteiger partial charge in [-0.25, -0.2) is 9.07 Å². The van der Waals surface area contributed by atoms with Gasteiger partial charge in [0.1, 0.15) is 5.82 Å². The van der Waals surface area contributed by atoms with Crippen LogP contribution in [-0.4, -0.2) is 31.7 Å². The maximum absolute atomic E-state index is 12.9. The number of nitrogens with zero attached hydrogens (tertiary/aromatic N) is 4. The van der Waals surface area contributed by atoms with Gasteiger partial charge in [0.2, 0.25) is 11.0 Å². The van der Waals surface area contributed by atoms with Gasteiger partial charge >= 0.3 is 6.61 Å². The van der Waals surface area contributed by atoms with E-state index in [1.54, 1.807) is 0 Å². The molecule has 2 heterocycles. The molecule has 0 spiro atoms. The SMILES string of the molecule is Cn1nc(C(=O)Nc2nc(-c3ccc(F)cc3)ns2)cc1OC(F)F. The van der Waals surface area contributed by atoms with Crippen LogP contribution in [0.5, 0.6) is 5.88 Å². The summed E-state index contributed by atoms with van der Waals surface area (Å²) < 4.78 is 46.7. The van der Waals surface area contributed by atoms with Gasteiger partial charge in [0.05, 0.1) is 0 Å². The van der Waals surface area contributed by atoms with Crippen LogP contribution in [-0.2, 0) is 7.05 Å². The van der Waals surface area contributed by atoms with Gasteiger partial charge in [0, 0.05) is 30.2 Å². The second kappa shape index (κ2) is 6.89. The first-order valence-electron chi connectivity index (χ1n) is 6.82. The second-order valence-electron chi connectivity index (χ2n) is 4.75. The third kappa shape index (κ3) is 3.94. The van der Waals surface area contributed by atoms with Gasteiger partial charge < -0.3 is 4.74 Å². The van der Waals surface area contributed by atoms with Crippen molar-refractivity contribution < 1.29 is 22.7 Å². The quantitative estimate of drug-likeness (QED) is 0.748. The first kappa shape index (κ1) is 16.9. The summed E-state index contributed by atoms with van der Waals surface area (Å²) >= 11 is 0.921. The number of rotatable bonds is 5. The smallest absolute Gasteiger partial charge is 0.388 e. The average Bonchev–Trinajstić information content (AvgIpc) is 3.15. The Bertz CT molecular complexity index is 894. The number of carbonyl (C=O) groups is 1. The number of carbonyl (C=O) groups excluding carboxylic acids is 1. The highest BCUT2D eigenvalue weighted by molar-refractivity contribution is 7.10. The monoisotopic (exact) mass is 369 g/mol. The summed E-state index contributed by atoms with van der Waals surface area (Å²) in [5.74, 6) is -0.960. The van der Waals surface area contributed by atoms with E-state index >= 15 is 0 Å². The molecule has 0 atom stereocenters. The fourth-order valence-electron chi connectivity index (χ4n) is 1.91. The van der Waals surface area contributed by atoms with Gasteiger partial charge in [-0.05, 0) is 24.3 Å². The number of nitrogens with one attached hydrogen (secondary N) is 1. The number of amides is 1. The van der Waals surface area contributed by atoms with Crippen molar-refractivity contribution in [3.8, 4) is 17.3 Å². The molecule has 1 N–H and O–H groups in total. The van der Waals surface area contributed by atoms with Gasteiger partial charge in [-0.1, -0.05) is 0 Å². The number of anilines is 1. The van der Waals surface area contributed by atoms with Crippen LogP contribution in [0.3, 0.4) is 0 Å². The van der Waals surface area contributed by atoms with Crippen molar-refractivity contribution in [1.29, 1.82) is 0 Å². The molecule has 7 nitrogen and oxygen atoms in total. The van der Waals surface area contributed by atoms with E-state index < -0.39 is 12.5 Å². The first-order valence-corrected chi connectivity index (χ1v) is 7.59. The number of aromatic nitrogens is 4. The normalized spacial score (nSPS) is 10.9. The van der Waals surface area contributed by atoms with Crippen LogP contribution < -0.4 is 10.1 Å². The second-order valence-corrected chi connectivity index (χ2v) is 5.51. The lowest BCUT2D eigenvalue weighted by molar-refractivity contribution is -0.0553. The highest BCUT2D eigenvalue weighted by Crippen LogP contribution is 2.22. The number of benzene rings is 1. The molecule has 0 aliphatic rings. The Labute approximate surface area is 143 Å². The van der Waals surface area contributed by atoms with E-state index in [1.165, 1.54) is 31.3 Å². The molecule has 3 rings (SSSR count). The summed E-state index contributed by atoms with van der Waals surface area (Å²) in [6, 6.07) is 6.65. The zero-order valence-electron chi connectivity index (χ0n) is 12.6. The van der Waals surface area contributed by atoms with Gasteiger partial charge in [-0.3, -0.25) is 10.1 Å². The van der Waals surface area contributed by atoms with E-state index in [0.717, 1.165) is 22.3 Å². The van der Waals surface area contributed by atoms with Gasteiger partial charge in [0.25, 0.3) is 5.91 Å². The Morgan fingerprint density at radius 2 is 2.04 bits per heavy atom. The lowest BCUT2D eigenvalue weighted by Crippen LogP contribution is -2.12. The molecular weight excluding hydrogens is 359 g/mol. The van der Waals surface area contributed by atoms with E-state index in [-0.39, 0.29) is 22.5 Å². The van der Waals surface area contributed by atoms with Crippen molar-refractivity contribution in [1.82, 2.24) is 19.1 Å². The number of aryl methyl sites for hydroxylation is 1. The van der Waals surface area contributed by atoms with Crippen molar-refractivity contribution in [2.24, 2.45) is 7.05 Å². The molecule has 0 bridgehead atoms. The summed E-state index contributed by atoms with van der Waals surface area (Å²) in [5.41, 5.74) is 0.472. The van der Waals surface area contributed by atoms with E-state index in [4.69, 9.17) is 0 Å². The maximum Gasteiger partial charge on any atom is 0.388 e. The number of alkyl halides is 2. The molecule has 130 valence electrons. The van der Waals surface area contributed by atoms with Crippen LogP contribution in [0.1, 0.15) is 10.5 Å². The molecular formula is C14H10F3N5O2S. The molecule has 0 aliphatic carbocycles. The Balaban J connectivity index is 1.72. The van der Waals surface area contributed by atoms with E-state index in [1.807, 2.05) is 0 Å². The predicted octanol–water partition coefficient (Wildman–Crippen LogP) is 2.93. The molecule has 25 heavy (non-hydrogen) atoms. The lowest BCUT2D eigenvalue weighted by Gasteiger charge is -2.01. The summed E-state index contributed by atoms with van der Waals surface area (Å²) in [5, 5.41) is 6.45. The fraction of sp³-hybridized carbons (Fsp3) is 0.143. The summed E-state index contributed by atoms with van der Waals surface area (Å²) in [6.07, 6.45) is 0. The molecule has 0 fully saturated rings. The summed E-state index contributed by atoms with van der Waals surface area (Å²) in [4.78, 5) is 16.2. The molecule has 0 saturated carbocycles. The molecule has 0 radical (unpaired) electrons. The predicted molar refractivity (Wildman–Crippen MR) is 83.1 cm³/mol. The topological polar surface area (TPSA) is 81.9 Å². The van der Waals surface area contributed by atoms with Crippen molar-refractivity contribution in [3.63, 3.8) is 0 Å². The molecule has 0 saturated heterocycles. The van der Waals surface area contributed by atoms with Crippen molar-refractivity contribution >= 4 is 22.6 Å². The van der Waals surface area contributed by atoms with Gasteiger partial charge in [0.15, 0.2) is 11.5 Å². The van der Waals surface area contributed by atoms with Crippen molar-refractivity contribution in [3.05, 3.63) is 41.8 Å². The minimum absolute atomic E-state index is 0.114. The number of ether oxygens (including phenoxy) is 1. The summed E-state index contributed by atoms with van der Waals surface area (Å²) in [7, 11) is 1.37. The van der Waals surface area contributed by atoms with Crippen LogP contribution in [0.25, 0.3) is 11.4 Å². The average molecular weight is 369 g/mol. The van der Waals surface area contributed by atoms with E-state index in [0.29, 0.717) is 11.4 Å². The lowest BCUT2D eigenvalue weighted by atomic mass is 10.2. The third-order valence-corrected chi connectivity index (χ3v) is 3.66. The maximum atomic E-state index is 12.9. The molecule has 2 aromatic heterocycles. The standard InChI is InChI=1S/C14H10F3N5O2S/c1-22-10(24-13(16)17)6-9(20-22)12(23)19-14-18-11(21-25-14)7-2-4-8(15)5-3-7/h2-6,13H,1H3,(H,18,19,21,23). The van der Waals surface area contributed by atoms with Gasteiger partial charge in [-0.2, -0.15) is 23.2 Å². The zero-order valence-corrected chi connectivity index (χ0v) is 13.4. The molecule has 1 amide bonds. The Morgan fingerprint density at radius 1 is 1.32 bits per heavy atom. The van der Waals surface area contributed by atoms with E-state index in [2.05, 4.69) is 24.5 Å². The van der Waals surface area contributed by atoms with Crippen molar-refractivity contribution in [2.45, 2.75) is 6.61 Å². The summed E-state index contributed by atoms with van der Waals surface area (Å²) in [6.45, 7) is -3.02. The van der Waals surface area contributed by atoms with Crippen molar-refractivity contribution in [2.75, 3.05) is 5.32 Å². The van der Waals surface area contributed by atoms with Crippen LogP contribution >= 0.6 is 11.5 Å². The number of halogens is 3.